The van der Waals surface area contributed by atoms with Gasteiger partial charge >= 0.3 is 6.09 Å². The van der Waals surface area contributed by atoms with Gasteiger partial charge in [0, 0.05) is 5.56 Å². The minimum absolute atomic E-state index is 0.0476. The number of aromatic nitrogens is 2. The topological polar surface area (TPSA) is 134 Å². The molecule has 256 valence electrons. The second-order valence-corrected chi connectivity index (χ2v) is 16.3. The molecule has 4 aromatic rings. The van der Waals surface area contributed by atoms with E-state index in [4.69, 9.17) is 29.8 Å². The van der Waals surface area contributed by atoms with Crippen molar-refractivity contribution in [2.45, 2.75) is 62.1 Å². The average molecular weight is 720 g/mol. The Hall–Kier alpha value is -3.82. The number of hydrogen-bond acceptors (Lipinski definition) is 9. The zero-order chi connectivity index (χ0) is 35.1. The summed E-state index contributed by atoms with van der Waals surface area (Å²) in [5.41, 5.74) is 0.124. The standard InChI is InChI=1S/C33H35ClFN3O8S2/c1-22-6-11-26(12-7-22)47(40,41)44-20-33(21-45-48(42,43)27-13-8-23(2)9-14-27)19-37(31(39)46-32(3,4)5)18-25-17-30(36-38(25)33)24-10-15-29(35)28(34)16-24/h6-17H,18-21H2,1-5H3. The number of aryl methyl sites for hydroxylation is 2. The van der Waals surface area contributed by atoms with Gasteiger partial charge in [-0.1, -0.05) is 47.0 Å². The van der Waals surface area contributed by atoms with E-state index in [-0.39, 0.29) is 27.9 Å². The monoisotopic (exact) mass is 719 g/mol. The number of ether oxygens (including phenoxy) is 1. The van der Waals surface area contributed by atoms with Crippen molar-refractivity contribution in [1.29, 1.82) is 0 Å². The molecule has 0 aliphatic carbocycles. The quantitative estimate of drug-likeness (QED) is 0.185. The summed E-state index contributed by atoms with van der Waals surface area (Å²) in [7, 11) is -8.78. The predicted molar refractivity (Wildman–Crippen MR) is 176 cm³/mol. The second-order valence-electron chi connectivity index (χ2n) is 12.7. The summed E-state index contributed by atoms with van der Waals surface area (Å²) in [6.45, 7) is 6.94. The SMILES string of the molecule is Cc1ccc(S(=O)(=O)OCC2(COS(=O)(=O)c3ccc(C)cc3)CN(C(=O)OC(C)(C)C)Cc3cc(-c4ccc(F)c(Cl)c4)nn32)cc1. The normalized spacial score (nSPS) is 14.9. The molecule has 0 saturated carbocycles. The summed E-state index contributed by atoms with van der Waals surface area (Å²) in [4.78, 5) is 14.5. The van der Waals surface area contributed by atoms with E-state index in [1.165, 1.54) is 52.0 Å². The van der Waals surface area contributed by atoms with Gasteiger partial charge in [-0.25, -0.2) is 9.18 Å². The molecule has 48 heavy (non-hydrogen) atoms. The highest BCUT2D eigenvalue weighted by Gasteiger charge is 2.46. The summed E-state index contributed by atoms with van der Waals surface area (Å²) < 4.78 is 86.0. The smallest absolute Gasteiger partial charge is 0.410 e. The molecule has 3 aromatic carbocycles. The van der Waals surface area contributed by atoms with Crippen LogP contribution in [0.5, 0.6) is 0 Å². The maximum absolute atomic E-state index is 14.0. The summed E-state index contributed by atoms with van der Waals surface area (Å²) in [5.74, 6) is -0.640. The minimum Gasteiger partial charge on any atom is -0.444 e. The predicted octanol–water partition coefficient (Wildman–Crippen LogP) is 6.22. The third-order valence-electron chi connectivity index (χ3n) is 7.52. The van der Waals surface area contributed by atoms with Crippen molar-refractivity contribution in [2.75, 3.05) is 19.8 Å². The molecule has 0 unspecified atom stereocenters. The molecule has 11 nitrogen and oxygen atoms in total. The first-order valence-corrected chi connectivity index (χ1v) is 18.0. The summed E-state index contributed by atoms with van der Waals surface area (Å²) >= 11 is 6.06. The van der Waals surface area contributed by atoms with Crippen molar-refractivity contribution in [3.63, 3.8) is 0 Å². The molecule has 1 aromatic heterocycles. The van der Waals surface area contributed by atoms with E-state index < -0.39 is 56.5 Å². The average Bonchev–Trinajstić information content (AvgIpc) is 3.45. The minimum atomic E-state index is -4.39. The van der Waals surface area contributed by atoms with Crippen LogP contribution < -0.4 is 0 Å². The Morgan fingerprint density at radius 1 is 0.875 bits per heavy atom. The van der Waals surface area contributed by atoms with E-state index in [9.17, 15) is 26.0 Å². The number of rotatable bonds is 9. The zero-order valence-electron chi connectivity index (χ0n) is 26.9. The molecule has 5 rings (SSSR count). The van der Waals surface area contributed by atoms with Crippen molar-refractivity contribution in [2.24, 2.45) is 0 Å². The van der Waals surface area contributed by atoms with E-state index in [1.807, 2.05) is 0 Å². The lowest BCUT2D eigenvalue weighted by Gasteiger charge is -2.42. The van der Waals surface area contributed by atoms with E-state index in [1.54, 1.807) is 65.0 Å². The van der Waals surface area contributed by atoms with Gasteiger partial charge in [-0.15, -0.1) is 0 Å². The number of halogens is 2. The number of nitrogens with zero attached hydrogens (tertiary/aromatic N) is 3. The first-order valence-electron chi connectivity index (χ1n) is 14.8. The number of amides is 1. The molecular formula is C33H35ClFN3O8S2. The van der Waals surface area contributed by atoms with Crippen LogP contribution in [0.1, 0.15) is 37.6 Å². The number of fused-ring (bicyclic) bond motifs is 1. The first kappa shape index (κ1) is 35.5. The van der Waals surface area contributed by atoms with Crippen LogP contribution in [0.25, 0.3) is 11.3 Å². The van der Waals surface area contributed by atoms with Crippen LogP contribution in [0.15, 0.2) is 82.6 Å². The number of carbonyl (C=O) groups excluding carboxylic acids is 1. The summed E-state index contributed by atoms with van der Waals surface area (Å²) in [6.07, 6.45) is -0.742. The Morgan fingerprint density at radius 3 is 1.88 bits per heavy atom. The van der Waals surface area contributed by atoms with Gasteiger partial charge in [-0.3, -0.25) is 17.9 Å². The van der Waals surface area contributed by atoms with Gasteiger partial charge in [0.1, 0.15) is 17.0 Å². The van der Waals surface area contributed by atoms with Crippen LogP contribution in [-0.4, -0.2) is 63.0 Å². The van der Waals surface area contributed by atoms with E-state index in [2.05, 4.69) is 0 Å². The highest BCUT2D eigenvalue weighted by molar-refractivity contribution is 7.87. The van der Waals surface area contributed by atoms with Crippen molar-refractivity contribution in [1.82, 2.24) is 14.7 Å². The van der Waals surface area contributed by atoms with Gasteiger partial charge in [-0.2, -0.15) is 21.9 Å². The highest BCUT2D eigenvalue weighted by atomic mass is 35.5. The molecule has 0 N–H and O–H groups in total. The lowest BCUT2D eigenvalue weighted by atomic mass is 9.98. The van der Waals surface area contributed by atoms with Crippen LogP contribution in [0.3, 0.4) is 0 Å². The Balaban J connectivity index is 1.62. The molecule has 1 amide bonds. The van der Waals surface area contributed by atoms with Crippen LogP contribution >= 0.6 is 11.6 Å². The Kier molecular flexibility index (Phi) is 9.79. The Bertz CT molecular complexity index is 1960. The van der Waals surface area contributed by atoms with Gasteiger partial charge < -0.3 is 4.74 Å². The van der Waals surface area contributed by atoms with Gasteiger partial charge in [0.15, 0.2) is 0 Å². The van der Waals surface area contributed by atoms with Gasteiger partial charge in [0.2, 0.25) is 0 Å². The summed E-state index contributed by atoms with van der Waals surface area (Å²) in [6, 6.07) is 17.6. The highest BCUT2D eigenvalue weighted by Crippen LogP contribution is 2.35. The number of benzene rings is 3. The van der Waals surface area contributed by atoms with Crippen molar-refractivity contribution < 1.29 is 39.1 Å². The maximum Gasteiger partial charge on any atom is 0.410 e. The Morgan fingerprint density at radius 2 is 1.40 bits per heavy atom. The number of hydrogen-bond donors (Lipinski definition) is 0. The van der Waals surface area contributed by atoms with Crippen LogP contribution in [0.4, 0.5) is 9.18 Å². The number of carbonyl (C=O) groups is 1. The molecule has 15 heteroatoms. The fourth-order valence-electron chi connectivity index (χ4n) is 5.04. The lowest BCUT2D eigenvalue weighted by molar-refractivity contribution is -0.0138. The second kappa shape index (κ2) is 13.2. The van der Waals surface area contributed by atoms with Crippen LogP contribution in [0.2, 0.25) is 5.02 Å². The molecule has 0 radical (unpaired) electrons. The molecule has 0 saturated heterocycles. The summed E-state index contributed by atoms with van der Waals surface area (Å²) in [5, 5.41) is 4.54. The molecule has 0 spiro atoms. The fourth-order valence-corrected chi connectivity index (χ4v) is 7.19. The maximum atomic E-state index is 14.0. The molecule has 1 aliphatic heterocycles. The molecule has 0 fully saturated rings. The van der Waals surface area contributed by atoms with Crippen LogP contribution in [0, 0.1) is 19.7 Å². The van der Waals surface area contributed by atoms with Crippen molar-refractivity contribution in [3.05, 3.63) is 100 Å². The largest absolute Gasteiger partial charge is 0.444 e. The molecule has 1 aliphatic rings. The van der Waals surface area contributed by atoms with Gasteiger partial charge in [-0.05, 0) is 83.1 Å². The fraction of sp³-hybridized carbons (Fsp3) is 0.333. The van der Waals surface area contributed by atoms with Crippen LogP contribution in [-0.2, 0) is 45.4 Å². The molecule has 0 bridgehead atoms. The van der Waals surface area contributed by atoms with Crippen molar-refractivity contribution >= 4 is 37.9 Å². The first-order chi connectivity index (χ1) is 22.4. The van der Waals surface area contributed by atoms with Gasteiger partial charge in [0.05, 0.1) is 52.5 Å². The molecular weight excluding hydrogens is 685 g/mol. The van der Waals surface area contributed by atoms with E-state index in [0.29, 0.717) is 17.0 Å². The van der Waals surface area contributed by atoms with Crippen molar-refractivity contribution in [3.8, 4) is 11.3 Å². The van der Waals surface area contributed by atoms with E-state index in [0.717, 1.165) is 11.1 Å². The third-order valence-corrected chi connectivity index (χ3v) is 10.4. The Labute approximate surface area is 284 Å². The molecule has 0 atom stereocenters. The molecule has 2 heterocycles. The van der Waals surface area contributed by atoms with E-state index >= 15 is 0 Å². The van der Waals surface area contributed by atoms with Gasteiger partial charge in [0.25, 0.3) is 20.2 Å². The third kappa shape index (κ3) is 7.90. The zero-order valence-corrected chi connectivity index (χ0v) is 29.3. The lowest BCUT2D eigenvalue weighted by Crippen LogP contribution is -2.58.